The third-order valence-electron chi connectivity index (χ3n) is 4.21. The van der Waals surface area contributed by atoms with Gasteiger partial charge in [-0.2, -0.15) is 13.2 Å². The molecule has 0 aliphatic heterocycles. The summed E-state index contributed by atoms with van der Waals surface area (Å²) >= 11 is 11.6. The summed E-state index contributed by atoms with van der Waals surface area (Å²) in [6.07, 6.45) is -4.43. The molecule has 144 valence electrons. The summed E-state index contributed by atoms with van der Waals surface area (Å²) in [6.45, 7) is 0. The van der Waals surface area contributed by atoms with Crippen molar-refractivity contribution in [1.29, 1.82) is 0 Å². The van der Waals surface area contributed by atoms with Crippen molar-refractivity contribution in [1.82, 2.24) is 4.72 Å². The molecule has 3 rings (SSSR count). The highest BCUT2D eigenvalue weighted by Gasteiger charge is 2.48. The van der Waals surface area contributed by atoms with E-state index in [0.717, 1.165) is 12.1 Å². The smallest absolute Gasteiger partial charge is 0.274 e. The van der Waals surface area contributed by atoms with Gasteiger partial charge in [0.15, 0.2) is 0 Å². The molecule has 0 bridgehead atoms. The monoisotopic (exact) mass is 437 g/mol. The van der Waals surface area contributed by atoms with Crippen LogP contribution in [-0.4, -0.2) is 14.3 Å². The van der Waals surface area contributed by atoms with Crippen LogP contribution >= 0.6 is 23.2 Å². The summed E-state index contributed by atoms with van der Waals surface area (Å²) in [5.74, 6) is -2.46. The quantitative estimate of drug-likeness (QED) is 0.758. The van der Waals surface area contributed by atoms with Crippen LogP contribution in [0.25, 0.3) is 0 Å². The fourth-order valence-electron chi connectivity index (χ4n) is 2.85. The molecule has 1 amide bonds. The van der Waals surface area contributed by atoms with Crippen molar-refractivity contribution in [3.63, 3.8) is 0 Å². The lowest BCUT2D eigenvalue weighted by molar-refractivity contribution is -0.138. The number of benzene rings is 2. The molecule has 1 aliphatic rings. The second kappa shape index (κ2) is 7.00. The molecule has 2 aromatic carbocycles. The van der Waals surface area contributed by atoms with Crippen LogP contribution in [0.4, 0.5) is 13.2 Å². The molecule has 4 nitrogen and oxygen atoms in total. The number of hydrogen-bond acceptors (Lipinski definition) is 3. The SMILES string of the molecule is O=C(NS(=O)(=O)c1cc(Cl)ccc1Cl)C1CC1c1ccccc1C(F)(F)F. The van der Waals surface area contributed by atoms with Gasteiger partial charge in [0.2, 0.25) is 5.91 Å². The fourth-order valence-corrected chi connectivity index (χ4v) is 4.65. The molecule has 0 radical (unpaired) electrons. The Hall–Kier alpha value is -1.77. The normalized spacial score (nSPS) is 19.6. The maximum atomic E-state index is 13.1. The summed E-state index contributed by atoms with van der Waals surface area (Å²) in [5, 5.41) is -0.0231. The van der Waals surface area contributed by atoms with Gasteiger partial charge in [-0.3, -0.25) is 4.79 Å². The second-order valence-corrected chi connectivity index (χ2v) is 8.57. The van der Waals surface area contributed by atoms with Gasteiger partial charge >= 0.3 is 6.18 Å². The molecule has 0 saturated heterocycles. The van der Waals surface area contributed by atoms with Crippen LogP contribution in [0, 0.1) is 5.92 Å². The predicted octanol–water partition coefficient (Wildman–Crippen LogP) is 4.62. The Morgan fingerprint density at radius 3 is 2.44 bits per heavy atom. The van der Waals surface area contributed by atoms with E-state index in [0.29, 0.717) is 0 Å². The first-order valence-electron chi connectivity index (χ1n) is 7.68. The zero-order valence-electron chi connectivity index (χ0n) is 13.4. The number of amides is 1. The van der Waals surface area contributed by atoms with E-state index in [-0.39, 0.29) is 26.9 Å². The molecule has 0 aromatic heterocycles. The number of carbonyl (C=O) groups excluding carboxylic acids is 1. The van der Waals surface area contributed by atoms with E-state index in [2.05, 4.69) is 0 Å². The number of carbonyl (C=O) groups is 1. The predicted molar refractivity (Wildman–Crippen MR) is 94.1 cm³/mol. The fraction of sp³-hybridized carbons (Fsp3) is 0.235. The van der Waals surface area contributed by atoms with Gasteiger partial charge in [0, 0.05) is 10.9 Å². The van der Waals surface area contributed by atoms with Crippen LogP contribution in [0.15, 0.2) is 47.4 Å². The molecular weight excluding hydrogens is 426 g/mol. The molecule has 2 atom stereocenters. The molecule has 0 heterocycles. The Balaban J connectivity index is 1.79. The number of sulfonamides is 1. The van der Waals surface area contributed by atoms with Crippen LogP contribution in [0.1, 0.15) is 23.5 Å². The Labute approximate surface area is 163 Å². The van der Waals surface area contributed by atoms with Crippen molar-refractivity contribution < 1.29 is 26.4 Å². The zero-order valence-corrected chi connectivity index (χ0v) is 15.8. The molecule has 2 aromatic rings. The van der Waals surface area contributed by atoms with E-state index in [4.69, 9.17) is 23.2 Å². The Kier molecular flexibility index (Phi) is 5.18. The number of alkyl halides is 3. The van der Waals surface area contributed by atoms with Gasteiger partial charge in [0.25, 0.3) is 10.0 Å². The van der Waals surface area contributed by atoms with Gasteiger partial charge in [-0.05, 0) is 42.2 Å². The molecule has 2 unspecified atom stereocenters. The third kappa shape index (κ3) is 4.23. The van der Waals surface area contributed by atoms with E-state index in [1.165, 1.54) is 30.3 Å². The zero-order chi connectivity index (χ0) is 20.0. The van der Waals surface area contributed by atoms with Crippen molar-refractivity contribution in [2.24, 2.45) is 5.92 Å². The van der Waals surface area contributed by atoms with E-state index in [1.807, 2.05) is 4.72 Å². The van der Waals surface area contributed by atoms with Crippen LogP contribution in [0.2, 0.25) is 10.0 Å². The van der Waals surface area contributed by atoms with E-state index >= 15 is 0 Å². The lowest BCUT2D eigenvalue weighted by atomic mass is 10.0. The highest BCUT2D eigenvalue weighted by molar-refractivity contribution is 7.90. The Morgan fingerprint density at radius 1 is 1.11 bits per heavy atom. The molecular formula is C17H12Cl2F3NO3S. The number of hydrogen-bond donors (Lipinski definition) is 1. The highest BCUT2D eigenvalue weighted by atomic mass is 35.5. The van der Waals surface area contributed by atoms with Gasteiger partial charge in [-0.1, -0.05) is 41.4 Å². The average molecular weight is 438 g/mol. The minimum absolute atomic E-state index is 0.0247. The number of rotatable bonds is 4. The molecule has 1 N–H and O–H groups in total. The van der Waals surface area contributed by atoms with E-state index in [9.17, 15) is 26.4 Å². The van der Waals surface area contributed by atoms with Crippen molar-refractivity contribution in [2.45, 2.75) is 23.4 Å². The van der Waals surface area contributed by atoms with Crippen LogP contribution in [-0.2, 0) is 21.0 Å². The summed E-state index contributed by atoms with van der Waals surface area (Å²) in [5.41, 5.74) is -0.852. The standard InChI is InChI=1S/C17H12Cl2F3NO3S/c18-9-5-6-14(19)15(7-9)27(25,26)23-16(24)12-8-11(12)10-3-1-2-4-13(10)17(20,21)22/h1-7,11-12H,8H2,(H,23,24). The summed E-state index contributed by atoms with van der Waals surface area (Å²) < 4.78 is 65.9. The Bertz CT molecular complexity index is 1010. The van der Waals surface area contributed by atoms with Crippen LogP contribution in [0.5, 0.6) is 0 Å². The van der Waals surface area contributed by atoms with Gasteiger partial charge in [-0.15, -0.1) is 0 Å². The third-order valence-corrected chi connectivity index (χ3v) is 6.27. The first kappa shape index (κ1) is 20.0. The minimum Gasteiger partial charge on any atom is -0.274 e. The molecule has 10 heteroatoms. The maximum Gasteiger partial charge on any atom is 0.416 e. The summed E-state index contributed by atoms with van der Waals surface area (Å²) in [4.78, 5) is 11.9. The highest BCUT2D eigenvalue weighted by Crippen LogP contribution is 2.51. The number of nitrogens with one attached hydrogen (secondary N) is 1. The van der Waals surface area contributed by atoms with E-state index < -0.39 is 39.5 Å². The van der Waals surface area contributed by atoms with Crippen molar-refractivity contribution in [3.8, 4) is 0 Å². The lowest BCUT2D eigenvalue weighted by Gasteiger charge is -2.12. The average Bonchev–Trinajstić information content (AvgIpc) is 3.36. The molecule has 1 saturated carbocycles. The van der Waals surface area contributed by atoms with Crippen LogP contribution in [0.3, 0.4) is 0 Å². The van der Waals surface area contributed by atoms with Crippen molar-refractivity contribution in [2.75, 3.05) is 0 Å². The second-order valence-electron chi connectivity index (χ2n) is 6.08. The molecule has 27 heavy (non-hydrogen) atoms. The Morgan fingerprint density at radius 2 is 1.78 bits per heavy atom. The molecule has 1 fully saturated rings. The first-order valence-corrected chi connectivity index (χ1v) is 9.92. The molecule has 1 aliphatic carbocycles. The maximum absolute atomic E-state index is 13.1. The van der Waals surface area contributed by atoms with Crippen molar-refractivity contribution >= 4 is 39.1 Å². The van der Waals surface area contributed by atoms with Gasteiger partial charge < -0.3 is 0 Å². The van der Waals surface area contributed by atoms with Gasteiger partial charge in [0.05, 0.1) is 10.6 Å². The van der Waals surface area contributed by atoms with Gasteiger partial charge in [0.1, 0.15) is 4.90 Å². The first-order chi connectivity index (χ1) is 12.5. The van der Waals surface area contributed by atoms with Crippen LogP contribution < -0.4 is 4.72 Å². The van der Waals surface area contributed by atoms with Gasteiger partial charge in [-0.25, -0.2) is 13.1 Å². The van der Waals surface area contributed by atoms with Crippen molar-refractivity contribution in [3.05, 3.63) is 63.6 Å². The minimum atomic E-state index is -4.55. The largest absolute Gasteiger partial charge is 0.416 e. The summed E-state index contributed by atoms with van der Waals surface area (Å²) in [7, 11) is -4.30. The number of halogens is 5. The summed E-state index contributed by atoms with van der Waals surface area (Å²) in [6, 6.07) is 8.67. The van der Waals surface area contributed by atoms with E-state index in [1.54, 1.807) is 0 Å². The lowest BCUT2D eigenvalue weighted by Crippen LogP contribution is -2.32. The topological polar surface area (TPSA) is 63.2 Å². The molecule has 0 spiro atoms.